The summed E-state index contributed by atoms with van der Waals surface area (Å²) in [7, 11) is -2.23. The van der Waals surface area contributed by atoms with Gasteiger partial charge in [0.1, 0.15) is 5.75 Å². The molecule has 0 unspecified atom stereocenters. The van der Waals surface area contributed by atoms with E-state index in [1.807, 2.05) is 66.7 Å². The van der Waals surface area contributed by atoms with E-state index in [4.69, 9.17) is 4.74 Å². The van der Waals surface area contributed by atoms with Gasteiger partial charge in [-0.25, -0.2) is 12.4 Å². The van der Waals surface area contributed by atoms with Crippen LogP contribution in [0.4, 0.5) is 5.69 Å². The number of aliphatic hydroxyl groups excluding tert-OH is 1. The number of benzene rings is 4. The van der Waals surface area contributed by atoms with Crippen LogP contribution in [0.25, 0.3) is 21.7 Å². The molecule has 6 rings (SSSR count). The van der Waals surface area contributed by atoms with Crippen LogP contribution in [0.1, 0.15) is 11.7 Å². The molecule has 0 aliphatic carbocycles. The van der Waals surface area contributed by atoms with Crippen LogP contribution in [0.5, 0.6) is 5.75 Å². The lowest BCUT2D eigenvalue weighted by molar-refractivity contribution is 0.110. The number of rotatable bonds is 7. The number of nitrogens with zero attached hydrogens (tertiary/aromatic N) is 3. The molecule has 5 aromatic rings. The van der Waals surface area contributed by atoms with Gasteiger partial charge in [0.2, 0.25) is 0 Å². The van der Waals surface area contributed by atoms with Crippen LogP contribution in [-0.2, 0) is 10.0 Å². The van der Waals surface area contributed by atoms with Gasteiger partial charge in [-0.3, -0.25) is 4.90 Å². The van der Waals surface area contributed by atoms with E-state index in [0.717, 1.165) is 48.4 Å². The first-order chi connectivity index (χ1) is 19.0. The second-order valence-corrected chi connectivity index (χ2v) is 11.6. The van der Waals surface area contributed by atoms with Crippen molar-refractivity contribution in [2.45, 2.75) is 11.0 Å². The molecule has 1 aliphatic rings. The van der Waals surface area contributed by atoms with E-state index >= 15 is 0 Å². The number of hydrogen-bond donors (Lipinski definition) is 1. The molecule has 0 bridgehead atoms. The van der Waals surface area contributed by atoms with Crippen molar-refractivity contribution in [2.24, 2.45) is 0 Å². The molecular weight excluding hydrogens is 510 g/mol. The molecule has 8 heteroatoms. The van der Waals surface area contributed by atoms with Gasteiger partial charge in [-0.2, -0.15) is 0 Å². The predicted molar refractivity (Wildman–Crippen MR) is 155 cm³/mol. The molecule has 7 nitrogen and oxygen atoms in total. The third kappa shape index (κ3) is 4.65. The largest absolute Gasteiger partial charge is 0.495 e. The van der Waals surface area contributed by atoms with Crippen LogP contribution in [0, 0.1) is 0 Å². The molecule has 2 heterocycles. The monoisotopic (exact) mass is 541 g/mol. The van der Waals surface area contributed by atoms with Crippen molar-refractivity contribution in [1.82, 2.24) is 8.87 Å². The molecule has 1 fully saturated rings. The minimum Gasteiger partial charge on any atom is -0.495 e. The van der Waals surface area contributed by atoms with Gasteiger partial charge in [-0.05, 0) is 29.7 Å². The third-order valence-corrected chi connectivity index (χ3v) is 9.32. The fourth-order valence-corrected chi connectivity index (χ4v) is 7.17. The van der Waals surface area contributed by atoms with Crippen molar-refractivity contribution in [1.29, 1.82) is 0 Å². The zero-order valence-electron chi connectivity index (χ0n) is 21.8. The third-order valence-electron chi connectivity index (χ3n) is 7.58. The Morgan fingerprint density at radius 3 is 2.28 bits per heavy atom. The van der Waals surface area contributed by atoms with Gasteiger partial charge in [0.15, 0.2) is 0 Å². The average molecular weight is 542 g/mol. The summed E-state index contributed by atoms with van der Waals surface area (Å²) in [5.41, 5.74) is 2.24. The van der Waals surface area contributed by atoms with Gasteiger partial charge in [-0.1, -0.05) is 66.7 Å². The zero-order chi connectivity index (χ0) is 27.0. The molecule has 4 aromatic carbocycles. The summed E-state index contributed by atoms with van der Waals surface area (Å²) in [6.07, 6.45) is 0.758. The van der Waals surface area contributed by atoms with Gasteiger partial charge in [0.05, 0.1) is 29.3 Å². The number of piperazine rings is 1. The van der Waals surface area contributed by atoms with E-state index in [1.54, 1.807) is 31.5 Å². The molecule has 39 heavy (non-hydrogen) atoms. The lowest BCUT2D eigenvalue weighted by Crippen LogP contribution is -2.47. The molecule has 0 radical (unpaired) electrons. The average Bonchev–Trinajstić information content (AvgIpc) is 3.38. The van der Waals surface area contributed by atoms with Crippen molar-refractivity contribution in [3.05, 3.63) is 103 Å². The standard InChI is InChI=1S/C31H31N3O4S/c1-38-30-15-7-6-14-28(30)33-19-17-32(18-20-33)22-29(35)26-21-34(27-13-5-4-12-25(26)27)39(36,37)31-16-8-10-23-9-2-3-11-24(23)31/h2-16,21,29,35H,17-20,22H2,1H3/t29-/m1/s1. The Hall–Kier alpha value is -3.85. The number of anilines is 1. The van der Waals surface area contributed by atoms with Crippen LogP contribution in [0.2, 0.25) is 0 Å². The molecular formula is C31H31N3O4S. The van der Waals surface area contributed by atoms with E-state index in [1.165, 1.54) is 3.97 Å². The van der Waals surface area contributed by atoms with Gasteiger partial charge >= 0.3 is 0 Å². The number of hydrogen-bond acceptors (Lipinski definition) is 6. The molecule has 200 valence electrons. The lowest BCUT2D eigenvalue weighted by Gasteiger charge is -2.37. The fraction of sp³-hybridized carbons (Fsp3) is 0.226. The maximum atomic E-state index is 14.0. The van der Waals surface area contributed by atoms with Crippen molar-refractivity contribution in [3.63, 3.8) is 0 Å². The second kappa shape index (κ2) is 10.4. The summed E-state index contributed by atoms with van der Waals surface area (Å²) in [4.78, 5) is 4.77. The number of β-amino-alcohol motifs (C(OH)–C–C–N with tert-alkyl or cyclic N) is 1. The van der Waals surface area contributed by atoms with E-state index in [9.17, 15) is 13.5 Å². The van der Waals surface area contributed by atoms with Crippen molar-refractivity contribution >= 4 is 37.4 Å². The van der Waals surface area contributed by atoms with Crippen LogP contribution >= 0.6 is 0 Å². The van der Waals surface area contributed by atoms with Crippen molar-refractivity contribution in [3.8, 4) is 5.75 Å². The summed E-state index contributed by atoms with van der Waals surface area (Å²) < 4.78 is 34.8. The molecule has 0 amide bonds. The summed E-state index contributed by atoms with van der Waals surface area (Å²) in [5, 5.41) is 13.6. The highest BCUT2D eigenvalue weighted by Crippen LogP contribution is 2.33. The Morgan fingerprint density at radius 1 is 0.821 bits per heavy atom. The van der Waals surface area contributed by atoms with Gasteiger partial charge < -0.3 is 14.7 Å². The maximum absolute atomic E-state index is 14.0. The number of aromatic nitrogens is 1. The number of aliphatic hydroxyl groups is 1. The first-order valence-electron chi connectivity index (χ1n) is 13.1. The normalized spacial score (nSPS) is 15.6. The Bertz CT molecular complexity index is 1730. The van der Waals surface area contributed by atoms with Crippen molar-refractivity contribution in [2.75, 3.05) is 44.7 Å². The molecule has 1 atom stereocenters. The highest BCUT2D eigenvalue weighted by molar-refractivity contribution is 7.90. The van der Waals surface area contributed by atoms with Crippen LogP contribution in [0.15, 0.2) is 102 Å². The van der Waals surface area contributed by atoms with Gasteiger partial charge in [0.25, 0.3) is 10.0 Å². The zero-order valence-corrected chi connectivity index (χ0v) is 22.6. The minimum atomic E-state index is -3.91. The second-order valence-electron chi connectivity index (χ2n) is 9.86. The summed E-state index contributed by atoms with van der Waals surface area (Å²) in [6.45, 7) is 3.60. The first kappa shape index (κ1) is 25.4. The topological polar surface area (TPSA) is 75.0 Å². The molecule has 1 aromatic heterocycles. The summed E-state index contributed by atoms with van der Waals surface area (Å²) >= 11 is 0. The number of ether oxygens (including phenoxy) is 1. The van der Waals surface area contributed by atoms with Crippen molar-refractivity contribution < 1.29 is 18.3 Å². The summed E-state index contributed by atoms with van der Waals surface area (Å²) in [6, 6.07) is 28.2. The predicted octanol–water partition coefficient (Wildman–Crippen LogP) is 4.90. The Morgan fingerprint density at radius 2 is 1.49 bits per heavy atom. The molecule has 1 aliphatic heterocycles. The molecule has 1 N–H and O–H groups in total. The Kier molecular flexibility index (Phi) is 6.76. The fourth-order valence-electron chi connectivity index (χ4n) is 5.57. The van der Waals surface area contributed by atoms with Gasteiger partial charge in [-0.15, -0.1) is 0 Å². The summed E-state index contributed by atoms with van der Waals surface area (Å²) in [5.74, 6) is 0.853. The van der Waals surface area contributed by atoms with Crippen LogP contribution in [0.3, 0.4) is 0 Å². The quantitative estimate of drug-likeness (QED) is 0.316. The highest BCUT2D eigenvalue weighted by atomic mass is 32.2. The first-order valence-corrected chi connectivity index (χ1v) is 14.5. The van der Waals surface area contributed by atoms with E-state index in [2.05, 4.69) is 15.9 Å². The lowest BCUT2D eigenvalue weighted by atomic mass is 10.1. The van der Waals surface area contributed by atoms with Gasteiger partial charge in [0, 0.05) is 55.3 Å². The van der Waals surface area contributed by atoms with Crippen LogP contribution < -0.4 is 9.64 Å². The Balaban J connectivity index is 1.27. The SMILES string of the molecule is COc1ccccc1N1CCN(C[C@@H](O)c2cn(S(=O)(=O)c3cccc4ccccc34)c3ccccc23)CC1. The maximum Gasteiger partial charge on any atom is 0.268 e. The Labute approximate surface area is 228 Å². The number of methoxy groups -OCH3 is 1. The molecule has 0 spiro atoms. The highest BCUT2D eigenvalue weighted by Gasteiger charge is 2.27. The number of para-hydroxylation sites is 3. The number of fused-ring (bicyclic) bond motifs is 2. The smallest absolute Gasteiger partial charge is 0.268 e. The van der Waals surface area contributed by atoms with E-state index in [0.29, 0.717) is 23.0 Å². The van der Waals surface area contributed by atoms with Crippen LogP contribution in [-0.4, -0.2) is 62.2 Å². The minimum absolute atomic E-state index is 0.245. The van der Waals surface area contributed by atoms with E-state index in [-0.39, 0.29) is 4.90 Å². The molecule has 0 saturated carbocycles. The van der Waals surface area contributed by atoms with E-state index < -0.39 is 16.1 Å². The molecule has 1 saturated heterocycles.